The summed E-state index contributed by atoms with van der Waals surface area (Å²) in [5.74, 6) is 1.05. The molecular formula is C18H38N+. The number of rotatable bonds is 10. The molecule has 0 atom stereocenters. The Morgan fingerprint density at radius 3 is 2.11 bits per heavy atom. The van der Waals surface area contributed by atoms with E-state index in [-0.39, 0.29) is 0 Å². The lowest BCUT2D eigenvalue weighted by Crippen LogP contribution is -2.42. The third-order valence-corrected chi connectivity index (χ3v) is 4.98. The van der Waals surface area contributed by atoms with Crippen LogP contribution in [0.2, 0.25) is 0 Å². The quantitative estimate of drug-likeness (QED) is 0.368. The van der Waals surface area contributed by atoms with Crippen molar-refractivity contribution in [2.45, 2.75) is 84.0 Å². The van der Waals surface area contributed by atoms with Gasteiger partial charge in [0.05, 0.1) is 27.2 Å². The van der Waals surface area contributed by atoms with Gasteiger partial charge in [-0.3, -0.25) is 0 Å². The normalized spacial score (nSPS) is 17.8. The molecule has 1 aliphatic rings. The Hall–Kier alpha value is -0.0400. The van der Waals surface area contributed by atoms with E-state index in [0.717, 1.165) is 5.92 Å². The van der Waals surface area contributed by atoms with Crippen LogP contribution in [0.5, 0.6) is 0 Å². The highest BCUT2D eigenvalue weighted by atomic mass is 15.3. The maximum Gasteiger partial charge on any atom is 0.0785 e. The van der Waals surface area contributed by atoms with Crippen molar-refractivity contribution in [1.29, 1.82) is 0 Å². The van der Waals surface area contributed by atoms with Crippen molar-refractivity contribution in [2.24, 2.45) is 5.92 Å². The fraction of sp³-hybridized carbons (Fsp3) is 1.00. The van der Waals surface area contributed by atoms with Crippen LogP contribution in [-0.2, 0) is 0 Å². The van der Waals surface area contributed by atoms with Gasteiger partial charge in [-0.2, -0.15) is 0 Å². The lowest BCUT2D eigenvalue weighted by Gasteiger charge is -2.32. The van der Waals surface area contributed by atoms with Gasteiger partial charge in [-0.15, -0.1) is 0 Å². The van der Waals surface area contributed by atoms with Crippen LogP contribution in [0.1, 0.15) is 84.0 Å². The van der Waals surface area contributed by atoms with Crippen LogP contribution in [0.25, 0.3) is 0 Å². The second-order valence-electron chi connectivity index (χ2n) is 7.44. The number of quaternary nitrogens is 1. The molecule has 1 rings (SSSR count). The molecule has 1 aliphatic carbocycles. The molecule has 19 heavy (non-hydrogen) atoms. The minimum Gasteiger partial charge on any atom is -0.328 e. The molecule has 0 aromatic heterocycles. The summed E-state index contributed by atoms with van der Waals surface area (Å²) in [5.41, 5.74) is 0. The Morgan fingerprint density at radius 2 is 1.42 bits per heavy atom. The zero-order valence-corrected chi connectivity index (χ0v) is 13.9. The predicted molar refractivity (Wildman–Crippen MR) is 86.4 cm³/mol. The SMILES string of the molecule is CCCCCCCC[N+](C)(C)CCC1CCCCC1. The van der Waals surface area contributed by atoms with E-state index >= 15 is 0 Å². The van der Waals surface area contributed by atoms with Gasteiger partial charge in [0.15, 0.2) is 0 Å². The van der Waals surface area contributed by atoms with Crippen molar-refractivity contribution in [3.63, 3.8) is 0 Å². The van der Waals surface area contributed by atoms with Crippen molar-refractivity contribution in [3.8, 4) is 0 Å². The van der Waals surface area contributed by atoms with Gasteiger partial charge in [-0.25, -0.2) is 0 Å². The first-order chi connectivity index (χ1) is 9.14. The molecule has 0 saturated heterocycles. The highest BCUT2D eigenvalue weighted by Crippen LogP contribution is 2.27. The van der Waals surface area contributed by atoms with Crippen molar-refractivity contribution >= 4 is 0 Å². The van der Waals surface area contributed by atoms with Crippen molar-refractivity contribution < 1.29 is 4.48 Å². The predicted octanol–water partition coefficient (Wildman–Crippen LogP) is 5.39. The zero-order valence-electron chi connectivity index (χ0n) is 13.9. The van der Waals surface area contributed by atoms with Crippen LogP contribution in [0, 0.1) is 5.92 Å². The summed E-state index contributed by atoms with van der Waals surface area (Å²) in [4.78, 5) is 0. The van der Waals surface area contributed by atoms with Crippen LogP contribution >= 0.6 is 0 Å². The third-order valence-electron chi connectivity index (χ3n) is 4.98. The van der Waals surface area contributed by atoms with Crippen LogP contribution in [0.3, 0.4) is 0 Å². The van der Waals surface area contributed by atoms with Crippen molar-refractivity contribution in [2.75, 3.05) is 27.2 Å². The van der Waals surface area contributed by atoms with E-state index in [1.807, 2.05) is 0 Å². The fourth-order valence-corrected chi connectivity index (χ4v) is 3.44. The van der Waals surface area contributed by atoms with Gasteiger partial charge in [-0.05, 0) is 25.2 Å². The fourth-order valence-electron chi connectivity index (χ4n) is 3.44. The average Bonchev–Trinajstić information content (AvgIpc) is 2.42. The minimum absolute atomic E-state index is 1.05. The Balaban J connectivity index is 2.02. The molecular weight excluding hydrogens is 230 g/mol. The van der Waals surface area contributed by atoms with Gasteiger partial charge >= 0.3 is 0 Å². The van der Waals surface area contributed by atoms with E-state index in [0.29, 0.717) is 0 Å². The van der Waals surface area contributed by atoms with Gasteiger partial charge in [0, 0.05) is 0 Å². The maximum absolute atomic E-state index is 2.44. The molecule has 0 heterocycles. The molecule has 1 nitrogen and oxygen atoms in total. The standard InChI is InChI=1S/C18H38N/c1-4-5-6-7-8-12-16-19(2,3)17-15-18-13-10-9-11-14-18/h18H,4-17H2,1-3H3/q+1. The molecule has 0 radical (unpaired) electrons. The van der Waals surface area contributed by atoms with E-state index < -0.39 is 0 Å². The molecule has 0 aromatic rings. The largest absolute Gasteiger partial charge is 0.328 e. The monoisotopic (exact) mass is 268 g/mol. The Labute approximate surface area is 122 Å². The lowest BCUT2D eigenvalue weighted by molar-refractivity contribution is -0.891. The maximum atomic E-state index is 2.44. The highest BCUT2D eigenvalue weighted by Gasteiger charge is 2.19. The van der Waals surface area contributed by atoms with E-state index in [1.165, 1.54) is 94.6 Å². The van der Waals surface area contributed by atoms with Gasteiger partial charge < -0.3 is 4.48 Å². The summed E-state index contributed by atoms with van der Waals surface area (Å²) in [6, 6.07) is 0. The molecule has 0 spiro atoms. The van der Waals surface area contributed by atoms with Gasteiger partial charge in [0.2, 0.25) is 0 Å². The summed E-state index contributed by atoms with van der Waals surface area (Å²) in [7, 11) is 4.88. The van der Waals surface area contributed by atoms with Crippen LogP contribution in [0.15, 0.2) is 0 Å². The van der Waals surface area contributed by atoms with Gasteiger partial charge in [0.1, 0.15) is 0 Å². The van der Waals surface area contributed by atoms with Gasteiger partial charge in [0.25, 0.3) is 0 Å². The lowest BCUT2D eigenvalue weighted by atomic mass is 9.87. The third kappa shape index (κ3) is 8.68. The average molecular weight is 269 g/mol. The molecule has 1 saturated carbocycles. The first-order valence-electron chi connectivity index (χ1n) is 8.96. The number of hydrogen-bond donors (Lipinski definition) is 0. The number of nitrogens with zero attached hydrogens (tertiary/aromatic N) is 1. The summed E-state index contributed by atoms with van der Waals surface area (Å²) in [5, 5.41) is 0. The molecule has 0 aromatic carbocycles. The van der Waals surface area contributed by atoms with E-state index in [4.69, 9.17) is 0 Å². The molecule has 0 aliphatic heterocycles. The highest BCUT2D eigenvalue weighted by molar-refractivity contribution is 4.65. The first-order valence-corrected chi connectivity index (χ1v) is 8.96. The minimum atomic E-state index is 1.05. The second-order valence-corrected chi connectivity index (χ2v) is 7.44. The molecule has 1 fully saturated rings. The van der Waals surface area contributed by atoms with Gasteiger partial charge in [-0.1, -0.05) is 64.7 Å². The van der Waals surface area contributed by atoms with Crippen LogP contribution in [0.4, 0.5) is 0 Å². The Morgan fingerprint density at radius 1 is 0.789 bits per heavy atom. The number of unbranched alkanes of at least 4 members (excludes halogenated alkanes) is 5. The summed E-state index contributed by atoms with van der Waals surface area (Å²) >= 11 is 0. The Bertz CT molecular complexity index is 204. The molecule has 1 heteroatoms. The van der Waals surface area contributed by atoms with Crippen molar-refractivity contribution in [1.82, 2.24) is 0 Å². The van der Waals surface area contributed by atoms with Crippen molar-refractivity contribution in [3.05, 3.63) is 0 Å². The van der Waals surface area contributed by atoms with E-state index in [1.54, 1.807) is 0 Å². The molecule has 0 amide bonds. The number of hydrogen-bond acceptors (Lipinski definition) is 0. The van der Waals surface area contributed by atoms with Crippen LogP contribution < -0.4 is 0 Å². The molecule has 0 unspecified atom stereocenters. The second kappa shape index (κ2) is 9.80. The topological polar surface area (TPSA) is 0 Å². The molecule has 0 bridgehead atoms. The molecule has 114 valence electrons. The summed E-state index contributed by atoms with van der Waals surface area (Å²) in [6.07, 6.45) is 17.6. The van der Waals surface area contributed by atoms with E-state index in [9.17, 15) is 0 Å². The molecule has 0 N–H and O–H groups in total. The summed E-state index contributed by atoms with van der Waals surface area (Å²) < 4.78 is 1.25. The van der Waals surface area contributed by atoms with Crippen LogP contribution in [-0.4, -0.2) is 31.7 Å². The zero-order chi connectivity index (χ0) is 14.0. The summed E-state index contributed by atoms with van der Waals surface area (Å²) in [6.45, 7) is 5.09. The Kier molecular flexibility index (Phi) is 8.77. The smallest absolute Gasteiger partial charge is 0.0785 e. The van der Waals surface area contributed by atoms with E-state index in [2.05, 4.69) is 21.0 Å². The first kappa shape index (κ1) is 17.0.